The van der Waals surface area contributed by atoms with E-state index in [4.69, 9.17) is 4.74 Å². The van der Waals surface area contributed by atoms with E-state index in [2.05, 4.69) is 16.0 Å². The molecule has 0 spiro atoms. The molecule has 6 heteroatoms. The van der Waals surface area contributed by atoms with Crippen LogP contribution in [0.4, 0.5) is 0 Å². The number of benzene rings is 2. The second-order valence-corrected chi connectivity index (χ2v) is 6.24. The maximum Gasteiger partial charge on any atom is 0.489 e. The maximum absolute atomic E-state index is 9.52. The summed E-state index contributed by atoms with van der Waals surface area (Å²) in [5, 5.41) is 20.2. The molecule has 2 aromatic carbocycles. The molecule has 0 unspecified atom stereocenters. The topological polar surface area (TPSA) is 77.8 Å². The van der Waals surface area contributed by atoms with Crippen LogP contribution in [0.5, 0.6) is 5.75 Å². The Bertz CT molecular complexity index is 1020. The molecule has 4 rings (SSSR count). The van der Waals surface area contributed by atoms with E-state index in [1.165, 1.54) is 10.9 Å². The van der Waals surface area contributed by atoms with Crippen LogP contribution in [0.15, 0.2) is 53.5 Å². The summed E-state index contributed by atoms with van der Waals surface area (Å²) in [6, 6.07) is 13.2. The van der Waals surface area contributed by atoms with Gasteiger partial charge in [-0.25, -0.2) is 0 Å². The zero-order valence-electron chi connectivity index (χ0n) is 14.4. The Balaban J connectivity index is 1.73. The highest BCUT2D eigenvalue weighted by atomic mass is 16.5. The molecule has 1 aromatic heterocycles. The summed E-state index contributed by atoms with van der Waals surface area (Å²) in [6.07, 6.45) is 4.69. The van der Waals surface area contributed by atoms with Crippen molar-refractivity contribution >= 4 is 35.3 Å². The third-order valence-electron chi connectivity index (χ3n) is 4.71. The van der Waals surface area contributed by atoms with Crippen molar-refractivity contribution in [1.82, 2.24) is 4.98 Å². The number of aromatic amines is 1. The first-order valence-electron chi connectivity index (χ1n) is 8.54. The summed E-state index contributed by atoms with van der Waals surface area (Å²) in [6.45, 7) is 0.732. The van der Waals surface area contributed by atoms with E-state index >= 15 is 0 Å². The van der Waals surface area contributed by atoms with Gasteiger partial charge >= 0.3 is 7.12 Å². The van der Waals surface area contributed by atoms with Gasteiger partial charge in [-0.15, -0.1) is 0 Å². The number of aliphatic imine (C=N–C) groups is 1. The molecular formula is C20H19BN2O3. The summed E-state index contributed by atoms with van der Waals surface area (Å²) >= 11 is 0. The Morgan fingerprint density at radius 3 is 2.81 bits per heavy atom. The lowest BCUT2D eigenvalue weighted by Crippen LogP contribution is -2.31. The molecule has 5 nitrogen and oxygen atoms in total. The molecule has 1 aliphatic rings. The highest BCUT2D eigenvalue weighted by molar-refractivity contribution is 6.59. The van der Waals surface area contributed by atoms with E-state index in [1.807, 2.05) is 36.4 Å². The van der Waals surface area contributed by atoms with Gasteiger partial charge in [-0.1, -0.05) is 30.3 Å². The molecule has 3 aromatic rings. The van der Waals surface area contributed by atoms with Crippen molar-refractivity contribution in [3.63, 3.8) is 0 Å². The summed E-state index contributed by atoms with van der Waals surface area (Å²) < 4.78 is 5.31. The van der Waals surface area contributed by atoms with E-state index in [-0.39, 0.29) is 0 Å². The van der Waals surface area contributed by atoms with E-state index < -0.39 is 7.12 Å². The minimum Gasteiger partial charge on any atom is -0.497 e. The average molecular weight is 346 g/mol. The summed E-state index contributed by atoms with van der Waals surface area (Å²) in [5.74, 6) is 0.816. The van der Waals surface area contributed by atoms with Gasteiger partial charge in [-0.05, 0) is 41.2 Å². The third-order valence-corrected chi connectivity index (χ3v) is 4.71. The van der Waals surface area contributed by atoms with Crippen molar-refractivity contribution in [2.24, 2.45) is 4.99 Å². The lowest BCUT2D eigenvalue weighted by Gasteiger charge is -2.11. The molecular weight excluding hydrogens is 327 g/mol. The Hall–Kier alpha value is -2.83. The van der Waals surface area contributed by atoms with Crippen LogP contribution in [0, 0.1) is 0 Å². The fourth-order valence-electron chi connectivity index (χ4n) is 3.41. The van der Waals surface area contributed by atoms with Crippen molar-refractivity contribution in [1.29, 1.82) is 0 Å². The summed E-state index contributed by atoms with van der Waals surface area (Å²) in [4.78, 5) is 8.09. The number of nitrogens with zero attached hydrogens (tertiary/aromatic N) is 1. The molecule has 130 valence electrons. The van der Waals surface area contributed by atoms with Crippen molar-refractivity contribution in [3.05, 3.63) is 65.4 Å². The second-order valence-electron chi connectivity index (χ2n) is 6.24. The zero-order chi connectivity index (χ0) is 18.1. The second kappa shape index (κ2) is 6.82. The van der Waals surface area contributed by atoms with Crippen LogP contribution < -0.4 is 10.2 Å². The fraction of sp³-hybridized carbons (Fsp3) is 0.150. The molecule has 0 saturated carbocycles. The number of fused-ring (bicyclic) bond motifs is 3. The first kappa shape index (κ1) is 16.6. The van der Waals surface area contributed by atoms with Gasteiger partial charge in [0.25, 0.3) is 0 Å². The lowest BCUT2D eigenvalue weighted by atomic mass is 9.77. The van der Waals surface area contributed by atoms with E-state index in [1.54, 1.807) is 19.2 Å². The van der Waals surface area contributed by atoms with Crippen LogP contribution >= 0.6 is 0 Å². The Labute approximate surface area is 151 Å². The number of H-pyrrole nitrogens is 1. The fourth-order valence-corrected chi connectivity index (χ4v) is 3.41. The predicted molar refractivity (Wildman–Crippen MR) is 105 cm³/mol. The van der Waals surface area contributed by atoms with Gasteiger partial charge in [-0.3, -0.25) is 4.99 Å². The van der Waals surface area contributed by atoms with Gasteiger partial charge in [0, 0.05) is 23.5 Å². The lowest BCUT2D eigenvalue weighted by molar-refractivity contribution is 0.415. The van der Waals surface area contributed by atoms with E-state index in [9.17, 15) is 10.0 Å². The SMILES string of the molecule is COc1ccc2c3c([nH]c2c1)C(/C=C/c1ccccc1B(O)O)=NCC3. The number of aromatic nitrogens is 1. The zero-order valence-corrected chi connectivity index (χ0v) is 14.4. The normalized spacial score (nSPS) is 13.7. The Kier molecular flexibility index (Phi) is 4.36. The van der Waals surface area contributed by atoms with Crippen LogP contribution in [0.1, 0.15) is 16.8 Å². The molecule has 0 aliphatic carbocycles. The van der Waals surface area contributed by atoms with Crippen molar-refractivity contribution in [2.45, 2.75) is 6.42 Å². The molecule has 0 bridgehead atoms. The highest BCUT2D eigenvalue weighted by Crippen LogP contribution is 2.29. The number of hydrogen-bond donors (Lipinski definition) is 3. The Morgan fingerprint density at radius 1 is 1.15 bits per heavy atom. The molecule has 0 fully saturated rings. The Morgan fingerprint density at radius 2 is 2.00 bits per heavy atom. The number of nitrogens with one attached hydrogen (secondary N) is 1. The standard InChI is InChI=1S/C20H19BN2O3/c1-26-14-7-8-15-16-10-11-22-18(20(16)23-19(15)12-14)9-6-13-4-2-3-5-17(13)21(24)25/h2-9,12,23-25H,10-11H2,1H3/b9-6+. The molecule has 0 saturated heterocycles. The highest BCUT2D eigenvalue weighted by Gasteiger charge is 2.19. The van der Waals surface area contributed by atoms with Crippen molar-refractivity contribution in [3.8, 4) is 5.75 Å². The van der Waals surface area contributed by atoms with Gasteiger partial charge in [0.1, 0.15) is 5.75 Å². The quantitative estimate of drug-likeness (QED) is 0.632. The predicted octanol–water partition coefficient (Wildman–Crippen LogP) is 1.91. The van der Waals surface area contributed by atoms with Crippen LogP contribution in [0.25, 0.3) is 17.0 Å². The van der Waals surface area contributed by atoms with Gasteiger partial charge in [0.2, 0.25) is 0 Å². The van der Waals surface area contributed by atoms with Crippen molar-refractivity contribution < 1.29 is 14.8 Å². The molecule has 2 heterocycles. The molecule has 3 N–H and O–H groups in total. The number of methoxy groups -OCH3 is 1. The van der Waals surface area contributed by atoms with Crippen LogP contribution in [-0.2, 0) is 6.42 Å². The average Bonchev–Trinajstić information content (AvgIpc) is 3.04. The van der Waals surface area contributed by atoms with Gasteiger partial charge in [0.05, 0.1) is 18.5 Å². The van der Waals surface area contributed by atoms with Gasteiger partial charge in [0.15, 0.2) is 0 Å². The minimum absolute atomic E-state index is 0.474. The molecule has 0 radical (unpaired) electrons. The number of rotatable bonds is 4. The number of allylic oxidation sites excluding steroid dienone is 1. The van der Waals surface area contributed by atoms with Crippen molar-refractivity contribution in [2.75, 3.05) is 13.7 Å². The summed E-state index contributed by atoms with van der Waals surface area (Å²) in [7, 11) is 0.160. The number of ether oxygens (including phenoxy) is 1. The smallest absolute Gasteiger partial charge is 0.489 e. The van der Waals surface area contributed by atoms with Crippen LogP contribution in [0.3, 0.4) is 0 Å². The molecule has 26 heavy (non-hydrogen) atoms. The largest absolute Gasteiger partial charge is 0.497 e. The molecule has 0 atom stereocenters. The van der Waals surface area contributed by atoms with Crippen LogP contribution in [-0.4, -0.2) is 41.5 Å². The maximum atomic E-state index is 9.52. The number of hydrogen-bond acceptors (Lipinski definition) is 4. The van der Waals surface area contributed by atoms with Gasteiger partial charge in [-0.2, -0.15) is 0 Å². The minimum atomic E-state index is -1.50. The van der Waals surface area contributed by atoms with Crippen LogP contribution in [0.2, 0.25) is 0 Å². The monoisotopic (exact) mass is 346 g/mol. The van der Waals surface area contributed by atoms with E-state index in [0.29, 0.717) is 5.46 Å². The molecule has 1 aliphatic heterocycles. The summed E-state index contributed by atoms with van der Waals surface area (Å²) in [5.41, 5.74) is 5.40. The van der Waals surface area contributed by atoms with E-state index in [0.717, 1.165) is 41.2 Å². The van der Waals surface area contributed by atoms with Gasteiger partial charge < -0.3 is 19.8 Å². The molecule has 0 amide bonds. The first-order valence-corrected chi connectivity index (χ1v) is 8.54. The third kappa shape index (κ3) is 2.94. The first-order chi connectivity index (χ1) is 12.7.